The predicted octanol–water partition coefficient (Wildman–Crippen LogP) is 1.77. The number of carbonyl (C=O) groups is 2. The van der Waals surface area contributed by atoms with Crippen LogP contribution < -0.4 is 5.32 Å². The molecule has 104 valence electrons. The van der Waals surface area contributed by atoms with Gasteiger partial charge in [0.1, 0.15) is 0 Å². The molecule has 0 heterocycles. The Morgan fingerprint density at radius 3 is 2.63 bits per heavy atom. The molecule has 0 aromatic heterocycles. The fourth-order valence-electron chi connectivity index (χ4n) is 1.44. The van der Waals surface area contributed by atoms with Crippen LogP contribution in [-0.4, -0.2) is 41.5 Å². The highest BCUT2D eigenvalue weighted by Gasteiger charge is 2.21. The van der Waals surface area contributed by atoms with Gasteiger partial charge in [0.25, 0.3) is 0 Å². The molecule has 0 aliphatic carbocycles. The zero-order valence-electron chi connectivity index (χ0n) is 10.3. The molecule has 2 amide bonds. The van der Waals surface area contributed by atoms with Crippen LogP contribution in [0.4, 0.5) is 5.69 Å². The van der Waals surface area contributed by atoms with E-state index in [2.05, 4.69) is 5.32 Å². The summed E-state index contributed by atoms with van der Waals surface area (Å²) in [6.07, 6.45) is 0. The Balaban J connectivity index is 2.78. The molecular formula is C12H14Cl2N2O3. The van der Waals surface area contributed by atoms with Gasteiger partial charge in [0.05, 0.1) is 17.3 Å². The van der Waals surface area contributed by atoms with Crippen LogP contribution in [0.25, 0.3) is 0 Å². The number of halogens is 2. The Morgan fingerprint density at radius 2 is 2.05 bits per heavy atom. The third-order valence-electron chi connectivity index (χ3n) is 2.41. The van der Waals surface area contributed by atoms with Gasteiger partial charge in [-0.25, -0.2) is 0 Å². The highest BCUT2D eigenvalue weighted by Crippen LogP contribution is 2.25. The lowest BCUT2D eigenvalue weighted by molar-refractivity contribution is -0.143. The molecule has 0 radical (unpaired) electrons. The lowest BCUT2D eigenvalue weighted by atomic mass is 10.3. The monoisotopic (exact) mass is 304 g/mol. The number of hydrogen-bond acceptors (Lipinski definition) is 3. The SMILES string of the molecule is CCN(CCO)C(=O)C(=O)Nc1cc(Cl)ccc1Cl. The molecule has 0 spiro atoms. The number of nitrogens with zero attached hydrogens (tertiary/aromatic N) is 1. The van der Waals surface area contributed by atoms with E-state index in [1.54, 1.807) is 13.0 Å². The average molecular weight is 305 g/mol. The van der Waals surface area contributed by atoms with Gasteiger partial charge in [-0.1, -0.05) is 23.2 Å². The van der Waals surface area contributed by atoms with Crippen LogP contribution >= 0.6 is 23.2 Å². The van der Waals surface area contributed by atoms with Gasteiger partial charge < -0.3 is 15.3 Å². The van der Waals surface area contributed by atoms with Crippen molar-refractivity contribution in [2.75, 3.05) is 25.0 Å². The van der Waals surface area contributed by atoms with Crippen LogP contribution in [0.1, 0.15) is 6.92 Å². The van der Waals surface area contributed by atoms with Crippen molar-refractivity contribution in [1.29, 1.82) is 0 Å². The molecule has 0 fully saturated rings. The highest BCUT2D eigenvalue weighted by molar-refractivity contribution is 6.42. The van der Waals surface area contributed by atoms with Gasteiger partial charge >= 0.3 is 11.8 Å². The van der Waals surface area contributed by atoms with Crippen LogP contribution in [0.2, 0.25) is 10.0 Å². The molecule has 1 aromatic rings. The molecule has 5 nitrogen and oxygen atoms in total. The van der Waals surface area contributed by atoms with E-state index in [0.717, 1.165) is 0 Å². The molecule has 0 aliphatic rings. The molecule has 1 rings (SSSR count). The second-order valence-corrected chi connectivity index (χ2v) is 4.53. The quantitative estimate of drug-likeness (QED) is 0.833. The second kappa shape index (κ2) is 7.33. The fraction of sp³-hybridized carbons (Fsp3) is 0.333. The van der Waals surface area contributed by atoms with E-state index in [9.17, 15) is 9.59 Å². The number of aliphatic hydroxyl groups excluding tert-OH is 1. The van der Waals surface area contributed by atoms with E-state index < -0.39 is 11.8 Å². The number of aliphatic hydroxyl groups is 1. The van der Waals surface area contributed by atoms with E-state index in [4.69, 9.17) is 28.3 Å². The number of benzene rings is 1. The van der Waals surface area contributed by atoms with Gasteiger partial charge in [-0.2, -0.15) is 0 Å². The number of rotatable bonds is 4. The molecule has 2 N–H and O–H groups in total. The molecule has 0 saturated carbocycles. The first-order valence-corrected chi connectivity index (χ1v) is 6.41. The van der Waals surface area contributed by atoms with Crippen LogP contribution in [-0.2, 0) is 9.59 Å². The van der Waals surface area contributed by atoms with Crippen molar-refractivity contribution in [3.8, 4) is 0 Å². The third kappa shape index (κ3) is 4.38. The lowest BCUT2D eigenvalue weighted by Gasteiger charge is -2.19. The minimum Gasteiger partial charge on any atom is -0.395 e. The average Bonchev–Trinajstić information content (AvgIpc) is 2.39. The summed E-state index contributed by atoms with van der Waals surface area (Å²) in [7, 11) is 0. The normalized spacial score (nSPS) is 10.1. The van der Waals surface area contributed by atoms with Gasteiger partial charge in [-0.05, 0) is 25.1 Å². The minimum atomic E-state index is -0.820. The van der Waals surface area contributed by atoms with Gasteiger partial charge in [0.2, 0.25) is 0 Å². The molecule has 0 saturated heterocycles. The van der Waals surface area contributed by atoms with E-state index in [1.807, 2.05) is 0 Å². The van der Waals surface area contributed by atoms with Crippen molar-refractivity contribution >= 4 is 40.7 Å². The van der Waals surface area contributed by atoms with Gasteiger partial charge in [-0.15, -0.1) is 0 Å². The van der Waals surface area contributed by atoms with E-state index in [0.29, 0.717) is 11.6 Å². The molecule has 0 bridgehead atoms. The van der Waals surface area contributed by atoms with E-state index in [1.165, 1.54) is 17.0 Å². The Labute approximate surface area is 121 Å². The summed E-state index contributed by atoms with van der Waals surface area (Å²) in [6.45, 7) is 1.94. The van der Waals surface area contributed by atoms with E-state index >= 15 is 0 Å². The fourth-order valence-corrected chi connectivity index (χ4v) is 1.77. The summed E-state index contributed by atoms with van der Waals surface area (Å²) in [4.78, 5) is 24.8. The highest BCUT2D eigenvalue weighted by atomic mass is 35.5. The molecule has 0 unspecified atom stereocenters. The molecule has 0 atom stereocenters. The van der Waals surface area contributed by atoms with Crippen LogP contribution in [0.5, 0.6) is 0 Å². The summed E-state index contributed by atoms with van der Waals surface area (Å²) < 4.78 is 0. The van der Waals surface area contributed by atoms with Crippen LogP contribution in [0, 0.1) is 0 Å². The standard InChI is InChI=1S/C12H14Cl2N2O3/c1-2-16(5-6-17)12(19)11(18)15-10-7-8(13)3-4-9(10)14/h3-4,7,17H,2,5-6H2,1H3,(H,15,18). The molecule has 19 heavy (non-hydrogen) atoms. The van der Waals surface area contributed by atoms with Crippen LogP contribution in [0.15, 0.2) is 18.2 Å². The van der Waals surface area contributed by atoms with Crippen LogP contribution in [0.3, 0.4) is 0 Å². The topological polar surface area (TPSA) is 69.6 Å². The molecule has 7 heteroatoms. The number of amides is 2. The third-order valence-corrected chi connectivity index (χ3v) is 2.97. The number of anilines is 1. The number of carbonyl (C=O) groups excluding carboxylic acids is 2. The maximum absolute atomic E-state index is 11.8. The van der Waals surface area contributed by atoms with Crippen molar-refractivity contribution in [3.63, 3.8) is 0 Å². The number of nitrogens with one attached hydrogen (secondary N) is 1. The lowest BCUT2D eigenvalue weighted by Crippen LogP contribution is -2.41. The van der Waals surface area contributed by atoms with Crippen molar-refractivity contribution < 1.29 is 14.7 Å². The van der Waals surface area contributed by atoms with E-state index in [-0.39, 0.29) is 23.9 Å². The Morgan fingerprint density at radius 1 is 1.37 bits per heavy atom. The molecule has 0 aliphatic heterocycles. The summed E-state index contributed by atoms with van der Waals surface area (Å²) >= 11 is 11.7. The first-order valence-electron chi connectivity index (χ1n) is 5.65. The first-order chi connectivity index (χ1) is 8.99. The summed E-state index contributed by atoms with van der Waals surface area (Å²) in [6, 6.07) is 4.55. The Hall–Kier alpha value is -1.30. The summed E-state index contributed by atoms with van der Waals surface area (Å²) in [5, 5.41) is 11.9. The minimum absolute atomic E-state index is 0.103. The van der Waals surface area contributed by atoms with Gasteiger partial charge in [0.15, 0.2) is 0 Å². The smallest absolute Gasteiger partial charge is 0.313 e. The summed E-state index contributed by atoms with van der Waals surface area (Å²) in [5.41, 5.74) is 0.271. The Kier molecular flexibility index (Phi) is 6.08. The largest absolute Gasteiger partial charge is 0.395 e. The van der Waals surface area contributed by atoms with Crippen molar-refractivity contribution in [2.45, 2.75) is 6.92 Å². The maximum Gasteiger partial charge on any atom is 0.313 e. The number of likely N-dealkylation sites (N-methyl/N-ethyl adjacent to an activating group) is 1. The first kappa shape index (κ1) is 15.8. The number of hydrogen-bond donors (Lipinski definition) is 2. The predicted molar refractivity (Wildman–Crippen MR) is 74.4 cm³/mol. The maximum atomic E-state index is 11.8. The molecule has 1 aromatic carbocycles. The zero-order valence-corrected chi connectivity index (χ0v) is 11.8. The second-order valence-electron chi connectivity index (χ2n) is 3.69. The molecular weight excluding hydrogens is 291 g/mol. The van der Waals surface area contributed by atoms with Crippen molar-refractivity contribution in [2.24, 2.45) is 0 Å². The zero-order chi connectivity index (χ0) is 14.4. The van der Waals surface area contributed by atoms with Gasteiger partial charge in [0, 0.05) is 18.1 Å². The van der Waals surface area contributed by atoms with Gasteiger partial charge in [-0.3, -0.25) is 9.59 Å². The van der Waals surface area contributed by atoms with Crippen molar-refractivity contribution in [1.82, 2.24) is 4.90 Å². The Bertz CT molecular complexity index is 480. The summed E-state index contributed by atoms with van der Waals surface area (Å²) in [5.74, 6) is -1.55. The van der Waals surface area contributed by atoms with Crippen molar-refractivity contribution in [3.05, 3.63) is 28.2 Å².